The fourth-order valence-electron chi connectivity index (χ4n) is 4.10. The molecule has 31 heavy (non-hydrogen) atoms. The summed E-state index contributed by atoms with van der Waals surface area (Å²) in [7, 11) is 5.30. The Morgan fingerprint density at radius 2 is 1.65 bits per heavy atom. The van der Waals surface area contributed by atoms with E-state index in [4.69, 9.17) is 0 Å². The number of carbonyl (C=O) groups is 2. The maximum absolute atomic E-state index is 13.5. The second-order valence-electron chi connectivity index (χ2n) is 8.14. The fourth-order valence-corrected chi connectivity index (χ4v) is 4.10. The monoisotopic (exact) mass is 414 g/mol. The van der Waals surface area contributed by atoms with Crippen molar-refractivity contribution in [3.63, 3.8) is 0 Å². The minimum Gasteiger partial charge on any atom is -0.334 e. The Morgan fingerprint density at radius 3 is 2.32 bits per heavy atom. The number of aryl methyl sites for hydroxylation is 1. The van der Waals surface area contributed by atoms with Crippen LogP contribution in [-0.4, -0.2) is 50.8 Å². The lowest BCUT2D eigenvalue weighted by molar-refractivity contribution is -0.155. The summed E-state index contributed by atoms with van der Waals surface area (Å²) >= 11 is 0. The first-order valence-corrected chi connectivity index (χ1v) is 10.2. The molecular weight excluding hydrogens is 388 g/mol. The molecule has 1 aromatic heterocycles. The number of amides is 2. The lowest BCUT2D eigenvalue weighted by atomic mass is 9.87. The van der Waals surface area contributed by atoms with Crippen molar-refractivity contribution >= 4 is 17.9 Å². The van der Waals surface area contributed by atoms with Gasteiger partial charge in [0, 0.05) is 45.5 Å². The Kier molecular flexibility index (Phi) is 5.23. The lowest BCUT2D eigenvalue weighted by Gasteiger charge is -2.45. The van der Waals surface area contributed by atoms with Crippen LogP contribution in [0.1, 0.15) is 18.1 Å². The highest BCUT2D eigenvalue weighted by molar-refractivity contribution is 6.09. The second kappa shape index (κ2) is 7.87. The van der Waals surface area contributed by atoms with Crippen molar-refractivity contribution < 1.29 is 9.59 Å². The molecule has 1 aliphatic rings. The van der Waals surface area contributed by atoms with Crippen LogP contribution >= 0.6 is 0 Å². The summed E-state index contributed by atoms with van der Waals surface area (Å²) in [6, 6.07) is 17.5. The van der Waals surface area contributed by atoms with Crippen LogP contribution in [0.15, 0.2) is 72.7 Å². The van der Waals surface area contributed by atoms with Crippen LogP contribution in [0.4, 0.5) is 0 Å². The highest BCUT2D eigenvalue weighted by Gasteiger charge is 2.48. The zero-order valence-electron chi connectivity index (χ0n) is 18.2. The van der Waals surface area contributed by atoms with E-state index in [0.717, 1.165) is 22.5 Å². The van der Waals surface area contributed by atoms with E-state index in [2.05, 4.69) is 4.98 Å². The van der Waals surface area contributed by atoms with Crippen LogP contribution < -0.4 is 0 Å². The largest absolute Gasteiger partial charge is 0.334 e. The average molecular weight is 415 g/mol. The molecule has 2 heterocycles. The van der Waals surface area contributed by atoms with Gasteiger partial charge in [0.1, 0.15) is 17.1 Å². The van der Waals surface area contributed by atoms with Gasteiger partial charge in [-0.1, -0.05) is 54.6 Å². The number of rotatable bonds is 4. The minimum atomic E-state index is -0.955. The van der Waals surface area contributed by atoms with Crippen molar-refractivity contribution in [3.8, 4) is 11.4 Å². The molecule has 0 bridgehead atoms. The maximum atomic E-state index is 13.5. The van der Waals surface area contributed by atoms with Crippen LogP contribution in [-0.2, 0) is 23.1 Å². The molecule has 6 nitrogen and oxygen atoms in total. The maximum Gasteiger partial charge on any atom is 0.271 e. The molecule has 158 valence electrons. The first-order valence-electron chi connectivity index (χ1n) is 10.2. The van der Waals surface area contributed by atoms with Crippen molar-refractivity contribution in [1.29, 1.82) is 0 Å². The lowest BCUT2D eigenvalue weighted by Crippen LogP contribution is -2.64. The molecule has 1 saturated heterocycles. The molecule has 0 saturated carbocycles. The molecule has 3 aromatic rings. The zero-order chi connectivity index (χ0) is 22.2. The summed E-state index contributed by atoms with van der Waals surface area (Å²) in [6.45, 7) is 1.83. The van der Waals surface area contributed by atoms with E-state index >= 15 is 0 Å². The SMILES string of the molecule is CN1C(=O)C(C)(Cc2ccccc2)N(C)C(=O)/C1=C/c1ccccc1-c1nccn1C. The topological polar surface area (TPSA) is 58.4 Å². The number of carbonyl (C=O) groups excluding carboxylic acids is 2. The molecule has 4 rings (SSSR count). The number of piperazine rings is 1. The van der Waals surface area contributed by atoms with Gasteiger partial charge in [0.25, 0.3) is 11.8 Å². The van der Waals surface area contributed by atoms with Gasteiger partial charge in [-0.2, -0.15) is 0 Å². The summed E-state index contributed by atoms with van der Waals surface area (Å²) in [5, 5.41) is 0. The molecule has 1 atom stereocenters. The predicted octanol–water partition coefficient (Wildman–Crippen LogP) is 3.36. The number of benzene rings is 2. The van der Waals surface area contributed by atoms with Crippen LogP contribution in [0.2, 0.25) is 0 Å². The highest BCUT2D eigenvalue weighted by Crippen LogP contribution is 2.32. The fraction of sp³-hybridized carbons (Fsp3) is 0.240. The zero-order valence-corrected chi connectivity index (χ0v) is 18.2. The summed E-state index contributed by atoms with van der Waals surface area (Å²) in [6.07, 6.45) is 5.85. The Morgan fingerprint density at radius 1 is 0.968 bits per heavy atom. The molecule has 0 aliphatic carbocycles. The van der Waals surface area contributed by atoms with Gasteiger partial charge in [-0.15, -0.1) is 0 Å². The quantitative estimate of drug-likeness (QED) is 0.615. The molecule has 1 unspecified atom stereocenters. The minimum absolute atomic E-state index is 0.112. The molecule has 1 fully saturated rings. The summed E-state index contributed by atoms with van der Waals surface area (Å²) in [4.78, 5) is 34.3. The summed E-state index contributed by atoms with van der Waals surface area (Å²) in [5.74, 6) is 0.501. The van der Waals surface area contributed by atoms with Gasteiger partial charge < -0.3 is 14.4 Å². The first kappa shape index (κ1) is 20.6. The van der Waals surface area contributed by atoms with Gasteiger partial charge in [-0.25, -0.2) is 4.98 Å². The van der Waals surface area contributed by atoms with Crippen molar-refractivity contribution in [3.05, 3.63) is 83.8 Å². The van der Waals surface area contributed by atoms with Crippen molar-refractivity contribution in [2.24, 2.45) is 7.05 Å². The van der Waals surface area contributed by atoms with Crippen molar-refractivity contribution in [2.45, 2.75) is 18.9 Å². The van der Waals surface area contributed by atoms with Crippen LogP contribution in [0.3, 0.4) is 0 Å². The van der Waals surface area contributed by atoms with Crippen LogP contribution in [0.5, 0.6) is 0 Å². The average Bonchev–Trinajstić information content (AvgIpc) is 3.21. The molecule has 2 amide bonds. The standard InChI is InChI=1S/C25H26N4O2/c1-25(17-18-10-6-5-7-11-18)24(31)28(3)21(23(30)29(25)4)16-19-12-8-9-13-20(19)22-26-14-15-27(22)2/h5-16H,17H2,1-4H3/b21-16-. The smallest absolute Gasteiger partial charge is 0.271 e. The predicted molar refractivity (Wildman–Crippen MR) is 121 cm³/mol. The van der Waals surface area contributed by atoms with Gasteiger partial charge in [0.05, 0.1) is 0 Å². The number of aromatic nitrogens is 2. The van der Waals surface area contributed by atoms with Gasteiger partial charge in [-0.3, -0.25) is 9.59 Å². The molecule has 1 aliphatic heterocycles. The van der Waals surface area contributed by atoms with E-state index < -0.39 is 5.54 Å². The Balaban J connectivity index is 1.73. The van der Waals surface area contributed by atoms with E-state index in [1.165, 1.54) is 4.90 Å². The molecule has 2 aromatic carbocycles. The Labute approximate surface area is 182 Å². The summed E-state index contributed by atoms with van der Waals surface area (Å²) in [5.41, 5.74) is 2.14. The first-order chi connectivity index (χ1) is 14.8. The molecular formula is C25H26N4O2. The van der Waals surface area contributed by atoms with Crippen LogP contribution in [0, 0.1) is 0 Å². The number of likely N-dealkylation sites (N-methyl/N-ethyl adjacent to an activating group) is 2. The van der Waals surface area contributed by atoms with Gasteiger partial charge >= 0.3 is 0 Å². The Hall–Kier alpha value is -3.67. The van der Waals surface area contributed by atoms with Crippen LogP contribution in [0.25, 0.3) is 17.5 Å². The van der Waals surface area contributed by atoms with E-state index in [1.807, 2.05) is 79.3 Å². The highest BCUT2D eigenvalue weighted by atomic mass is 16.2. The van der Waals surface area contributed by atoms with Crippen molar-refractivity contribution in [2.75, 3.05) is 14.1 Å². The number of hydrogen-bond acceptors (Lipinski definition) is 3. The second-order valence-corrected chi connectivity index (χ2v) is 8.14. The van der Waals surface area contributed by atoms with Gasteiger partial charge in [0.15, 0.2) is 0 Å². The molecule has 0 radical (unpaired) electrons. The number of hydrogen-bond donors (Lipinski definition) is 0. The molecule has 0 N–H and O–H groups in total. The Bertz CT molecular complexity index is 1170. The van der Waals surface area contributed by atoms with Gasteiger partial charge in [-0.05, 0) is 24.1 Å². The summed E-state index contributed by atoms with van der Waals surface area (Å²) < 4.78 is 1.93. The molecule has 6 heteroatoms. The number of nitrogens with zero attached hydrogens (tertiary/aromatic N) is 4. The third-order valence-corrected chi connectivity index (χ3v) is 6.10. The third-order valence-electron chi connectivity index (χ3n) is 6.10. The number of imidazole rings is 1. The normalized spacial score (nSPS) is 20.6. The third kappa shape index (κ3) is 3.54. The van der Waals surface area contributed by atoms with E-state index in [-0.39, 0.29) is 11.8 Å². The van der Waals surface area contributed by atoms with Gasteiger partial charge in [0.2, 0.25) is 0 Å². The molecule has 0 spiro atoms. The van der Waals surface area contributed by atoms with Crippen molar-refractivity contribution in [1.82, 2.24) is 19.4 Å². The van der Waals surface area contributed by atoms with E-state index in [0.29, 0.717) is 12.1 Å². The van der Waals surface area contributed by atoms with E-state index in [1.54, 1.807) is 31.3 Å². The van der Waals surface area contributed by atoms with E-state index in [9.17, 15) is 9.59 Å².